The van der Waals surface area contributed by atoms with Gasteiger partial charge in [0.25, 0.3) is 0 Å². The highest BCUT2D eigenvalue weighted by Crippen LogP contribution is 2.40. The van der Waals surface area contributed by atoms with Crippen LogP contribution in [0.3, 0.4) is 0 Å². The Labute approximate surface area is 194 Å². The normalized spacial score (nSPS) is 14.0. The van der Waals surface area contributed by atoms with E-state index in [0.717, 1.165) is 37.6 Å². The summed E-state index contributed by atoms with van der Waals surface area (Å²) in [5, 5.41) is 6.54. The van der Waals surface area contributed by atoms with Crippen molar-refractivity contribution in [1.29, 1.82) is 0 Å². The molecular formula is C24H30N6O3. The number of hydrogen-bond acceptors (Lipinski definition) is 9. The minimum atomic E-state index is 0.448. The quantitative estimate of drug-likeness (QED) is 0.533. The molecule has 0 amide bonds. The van der Waals surface area contributed by atoms with Gasteiger partial charge in [0.1, 0.15) is 5.82 Å². The van der Waals surface area contributed by atoms with Crippen LogP contribution < -0.4 is 29.7 Å². The SMILES string of the molecule is COc1cc(Nc2nccc(Nc3ccc(N4CCN(C)CC4)cc3)n2)cc(OC)c1OC. The van der Waals surface area contributed by atoms with E-state index in [-0.39, 0.29) is 0 Å². The molecule has 1 aromatic heterocycles. The van der Waals surface area contributed by atoms with Gasteiger partial charge in [0, 0.05) is 61.6 Å². The van der Waals surface area contributed by atoms with Gasteiger partial charge >= 0.3 is 0 Å². The summed E-state index contributed by atoms with van der Waals surface area (Å²) in [7, 11) is 6.90. The summed E-state index contributed by atoms with van der Waals surface area (Å²) < 4.78 is 16.2. The minimum Gasteiger partial charge on any atom is -0.493 e. The van der Waals surface area contributed by atoms with Crippen molar-refractivity contribution in [1.82, 2.24) is 14.9 Å². The number of benzene rings is 2. The third kappa shape index (κ3) is 5.38. The molecule has 0 unspecified atom stereocenters. The van der Waals surface area contributed by atoms with Crippen LogP contribution in [-0.4, -0.2) is 69.4 Å². The summed E-state index contributed by atoms with van der Waals surface area (Å²) in [5.74, 6) is 2.76. The molecule has 1 aliphatic rings. The van der Waals surface area contributed by atoms with E-state index in [1.54, 1.807) is 27.5 Å². The Morgan fingerprint density at radius 3 is 2.06 bits per heavy atom. The van der Waals surface area contributed by atoms with Gasteiger partial charge in [-0.1, -0.05) is 0 Å². The van der Waals surface area contributed by atoms with E-state index >= 15 is 0 Å². The third-order valence-corrected chi connectivity index (χ3v) is 5.58. The van der Waals surface area contributed by atoms with Crippen molar-refractivity contribution >= 4 is 28.8 Å². The zero-order valence-electron chi connectivity index (χ0n) is 19.5. The zero-order valence-corrected chi connectivity index (χ0v) is 19.5. The lowest BCUT2D eigenvalue weighted by Crippen LogP contribution is -2.44. The first kappa shape index (κ1) is 22.5. The van der Waals surface area contributed by atoms with Crippen molar-refractivity contribution in [3.8, 4) is 17.2 Å². The van der Waals surface area contributed by atoms with Crippen LogP contribution in [0.15, 0.2) is 48.7 Å². The lowest BCUT2D eigenvalue weighted by Gasteiger charge is -2.34. The molecule has 9 heteroatoms. The van der Waals surface area contributed by atoms with Crippen molar-refractivity contribution in [3.63, 3.8) is 0 Å². The van der Waals surface area contributed by atoms with Crippen molar-refractivity contribution in [2.45, 2.75) is 0 Å². The van der Waals surface area contributed by atoms with Gasteiger partial charge < -0.3 is 34.6 Å². The van der Waals surface area contributed by atoms with Gasteiger partial charge in [-0.2, -0.15) is 4.98 Å². The van der Waals surface area contributed by atoms with Crippen LogP contribution in [0.4, 0.5) is 28.8 Å². The molecule has 4 rings (SSSR count). The maximum Gasteiger partial charge on any atom is 0.229 e. The van der Waals surface area contributed by atoms with Gasteiger partial charge in [-0.3, -0.25) is 0 Å². The van der Waals surface area contributed by atoms with Crippen LogP contribution >= 0.6 is 0 Å². The summed E-state index contributed by atoms with van der Waals surface area (Å²) in [4.78, 5) is 13.7. The van der Waals surface area contributed by atoms with Gasteiger partial charge in [0.2, 0.25) is 11.7 Å². The fourth-order valence-corrected chi connectivity index (χ4v) is 3.74. The maximum atomic E-state index is 5.41. The molecule has 0 saturated carbocycles. The predicted molar refractivity (Wildman–Crippen MR) is 131 cm³/mol. The summed E-state index contributed by atoms with van der Waals surface area (Å²) in [5.41, 5.74) is 2.92. The fourth-order valence-electron chi connectivity index (χ4n) is 3.74. The lowest BCUT2D eigenvalue weighted by molar-refractivity contribution is 0.313. The minimum absolute atomic E-state index is 0.448. The van der Waals surface area contributed by atoms with Gasteiger partial charge in [-0.15, -0.1) is 0 Å². The first-order valence-electron chi connectivity index (χ1n) is 10.8. The number of aromatic nitrogens is 2. The van der Waals surface area contributed by atoms with Crippen molar-refractivity contribution < 1.29 is 14.2 Å². The molecule has 1 saturated heterocycles. The second-order valence-corrected chi connectivity index (χ2v) is 7.77. The molecule has 33 heavy (non-hydrogen) atoms. The number of nitrogens with one attached hydrogen (secondary N) is 2. The number of rotatable bonds is 8. The fraction of sp³-hybridized carbons (Fsp3) is 0.333. The van der Waals surface area contributed by atoms with Gasteiger partial charge in [0.15, 0.2) is 11.5 Å². The van der Waals surface area contributed by atoms with Crippen LogP contribution in [0.25, 0.3) is 0 Å². The standard InChI is InChI=1S/C24H30N6O3/c1-29-11-13-30(14-12-29)19-7-5-17(6-8-19)26-22-9-10-25-24(28-22)27-18-15-20(31-2)23(33-4)21(16-18)32-3/h5-10,15-16H,11-14H2,1-4H3,(H2,25,26,27,28). The van der Waals surface area contributed by atoms with E-state index < -0.39 is 0 Å². The number of hydrogen-bond donors (Lipinski definition) is 2. The number of ether oxygens (including phenoxy) is 3. The Bertz CT molecular complexity index is 1040. The Hall–Kier alpha value is -3.72. The average molecular weight is 451 g/mol. The molecule has 2 N–H and O–H groups in total. The zero-order chi connectivity index (χ0) is 23.2. The smallest absolute Gasteiger partial charge is 0.229 e. The number of methoxy groups -OCH3 is 3. The maximum absolute atomic E-state index is 5.41. The van der Waals surface area contributed by atoms with Crippen LogP contribution in [0.1, 0.15) is 0 Å². The monoisotopic (exact) mass is 450 g/mol. The largest absolute Gasteiger partial charge is 0.493 e. The molecule has 0 atom stereocenters. The molecular weight excluding hydrogens is 420 g/mol. The first-order valence-corrected chi connectivity index (χ1v) is 10.8. The Balaban J connectivity index is 1.45. The molecule has 2 aromatic carbocycles. The topological polar surface area (TPSA) is 84.0 Å². The highest BCUT2D eigenvalue weighted by Gasteiger charge is 2.15. The first-order chi connectivity index (χ1) is 16.1. The molecule has 3 aromatic rings. The van der Waals surface area contributed by atoms with Crippen molar-refractivity contribution in [2.75, 3.05) is 70.1 Å². The Kier molecular flexibility index (Phi) is 6.99. The average Bonchev–Trinajstić information content (AvgIpc) is 2.84. The van der Waals surface area contributed by atoms with E-state index in [1.807, 2.05) is 18.2 Å². The number of likely N-dealkylation sites (N-methyl/N-ethyl adjacent to an activating group) is 1. The van der Waals surface area contributed by atoms with E-state index in [2.05, 4.69) is 61.7 Å². The summed E-state index contributed by atoms with van der Waals surface area (Å²) >= 11 is 0. The highest BCUT2D eigenvalue weighted by molar-refractivity contribution is 5.67. The van der Waals surface area contributed by atoms with Gasteiger partial charge in [-0.05, 0) is 37.4 Å². The lowest BCUT2D eigenvalue weighted by atomic mass is 10.2. The molecule has 1 fully saturated rings. The summed E-state index contributed by atoms with van der Waals surface area (Å²) in [6, 6.07) is 13.9. The van der Waals surface area contributed by atoms with E-state index in [1.165, 1.54) is 5.69 Å². The van der Waals surface area contributed by atoms with E-state index in [4.69, 9.17) is 14.2 Å². The molecule has 2 heterocycles. The molecule has 1 aliphatic heterocycles. The molecule has 0 aliphatic carbocycles. The summed E-state index contributed by atoms with van der Waals surface area (Å²) in [6.07, 6.45) is 1.70. The van der Waals surface area contributed by atoms with Crippen molar-refractivity contribution in [2.24, 2.45) is 0 Å². The molecule has 9 nitrogen and oxygen atoms in total. The van der Waals surface area contributed by atoms with Crippen LogP contribution in [-0.2, 0) is 0 Å². The van der Waals surface area contributed by atoms with Gasteiger partial charge in [-0.25, -0.2) is 4.98 Å². The number of anilines is 5. The highest BCUT2D eigenvalue weighted by atomic mass is 16.5. The second-order valence-electron chi connectivity index (χ2n) is 7.77. The predicted octanol–water partition coefficient (Wildman–Crippen LogP) is 3.74. The van der Waals surface area contributed by atoms with Gasteiger partial charge in [0.05, 0.1) is 21.3 Å². The number of nitrogens with zero attached hydrogens (tertiary/aromatic N) is 4. The Morgan fingerprint density at radius 1 is 0.788 bits per heavy atom. The molecule has 0 spiro atoms. The van der Waals surface area contributed by atoms with Crippen LogP contribution in [0.5, 0.6) is 17.2 Å². The van der Waals surface area contributed by atoms with E-state index in [0.29, 0.717) is 29.0 Å². The third-order valence-electron chi connectivity index (χ3n) is 5.58. The molecule has 0 radical (unpaired) electrons. The van der Waals surface area contributed by atoms with E-state index in [9.17, 15) is 0 Å². The van der Waals surface area contributed by atoms with Crippen molar-refractivity contribution in [3.05, 3.63) is 48.7 Å². The Morgan fingerprint density at radius 2 is 1.45 bits per heavy atom. The second kappa shape index (κ2) is 10.3. The summed E-state index contributed by atoms with van der Waals surface area (Å²) in [6.45, 7) is 4.27. The number of piperazine rings is 1. The van der Waals surface area contributed by atoms with Crippen LogP contribution in [0.2, 0.25) is 0 Å². The van der Waals surface area contributed by atoms with Crippen LogP contribution in [0, 0.1) is 0 Å². The molecule has 174 valence electrons. The molecule has 0 bridgehead atoms.